The van der Waals surface area contributed by atoms with Crippen LogP contribution in [-0.4, -0.2) is 124 Å². The van der Waals surface area contributed by atoms with Crippen LogP contribution in [0.4, 0.5) is 23.4 Å². The van der Waals surface area contributed by atoms with E-state index in [9.17, 15) is 14.7 Å². The van der Waals surface area contributed by atoms with Crippen LogP contribution >= 0.6 is 0 Å². The van der Waals surface area contributed by atoms with E-state index in [0.717, 1.165) is 28.3 Å². The standard InChI is InChI=1S/C58H61F4N11O6.C2H6/c1-31(2)52(56(76)71-21-9-12-47(71)55(75)65-46(28-74)38-19-17-36(18-20-38)35-10-7-6-8-11-35)73-27-44(69-70-73)37-15-13-34(14-16-37)30-78-53-50(49-33(4)42(59)23-43-40(49)24-64-68-43)41(58(60,61)62)22-39-51(53)66-57(79-29-32(3)77-5)67-54(39)72-26-45-48(72)25-63-45;1-2/h6-8,10-11,13-20,22-24,31-32,44-48,52,63,74H,9,12,21,25-30H2,1-5H3,(H,64,68)(H,65,75);1-2H3/t32-,44?,45?,46?,47?,48?,52?;/m0./s1. The summed E-state index contributed by atoms with van der Waals surface area (Å²) in [6.45, 7) is 12.3. The monoisotopic (exact) mass is 1110 g/mol. The highest BCUT2D eigenvalue weighted by atomic mass is 19.4. The van der Waals surface area contributed by atoms with Crippen molar-refractivity contribution in [2.24, 2.45) is 16.3 Å². The molecule has 2 amide bonds. The Morgan fingerprint density at radius 1 is 0.914 bits per heavy atom. The van der Waals surface area contributed by atoms with Crippen molar-refractivity contribution >= 4 is 39.4 Å². The Bertz CT molecular complexity index is 3420. The fourth-order valence-corrected chi connectivity index (χ4v) is 11.2. The van der Waals surface area contributed by atoms with Crippen molar-refractivity contribution in [2.45, 2.75) is 110 Å². The van der Waals surface area contributed by atoms with Crippen molar-refractivity contribution < 1.29 is 46.5 Å². The van der Waals surface area contributed by atoms with Gasteiger partial charge in [-0.15, -0.1) is 0 Å². The number of aromatic nitrogens is 4. The number of nitrogens with zero attached hydrogens (tertiary/aromatic N) is 8. The predicted molar refractivity (Wildman–Crippen MR) is 299 cm³/mol. The van der Waals surface area contributed by atoms with Gasteiger partial charge in [0, 0.05) is 54.7 Å². The highest BCUT2D eigenvalue weighted by Gasteiger charge is 2.48. The first-order valence-electron chi connectivity index (χ1n) is 27.6. The summed E-state index contributed by atoms with van der Waals surface area (Å²) in [4.78, 5) is 41.5. The zero-order chi connectivity index (χ0) is 57.3. The molecule has 0 bridgehead atoms. The molecule has 3 fully saturated rings. The lowest BCUT2D eigenvalue weighted by Crippen LogP contribution is -2.78. The number of hydrogen-bond donors (Lipinski definition) is 4. The van der Waals surface area contributed by atoms with Gasteiger partial charge in [0.05, 0.1) is 48.6 Å². The van der Waals surface area contributed by atoms with Gasteiger partial charge in [0.25, 0.3) is 0 Å². The summed E-state index contributed by atoms with van der Waals surface area (Å²) in [5, 5.41) is 34.6. The van der Waals surface area contributed by atoms with E-state index in [1.54, 1.807) is 29.0 Å². The molecule has 5 aromatic carbocycles. The quantitative estimate of drug-likeness (QED) is 0.0595. The Morgan fingerprint density at radius 2 is 1.65 bits per heavy atom. The van der Waals surface area contributed by atoms with E-state index in [-0.39, 0.29) is 113 Å². The molecule has 7 aromatic rings. The number of carbonyl (C=O) groups is 2. The van der Waals surface area contributed by atoms with Gasteiger partial charge in [-0.2, -0.15) is 33.4 Å². The van der Waals surface area contributed by atoms with Crippen molar-refractivity contribution in [2.75, 3.05) is 51.4 Å². The van der Waals surface area contributed by atoms with Crippen molar-refractivity contribution in [3.63, 3.8) is 0 Å². The van der Waals surface area contributed by atoms with Crippen molar-refractivity contribution in [1.82, 2.24) is 40.7 Å². The number of rotatable bonds is 18. The second-order valence-electron chi connectivity index (χ2n) is 21.1. The lowest BCUT2D eigenvalue weighted by molar-refractivity contribution is -0.144. The van der Waals surface area contributed by atoms with E-state index in [0.29, 0.717) is 38.0 Å². The van der Waals surface area contributed by atoms with Gasteiger partial charge in [-0.25, -0.2) is 4.39 Å². The van der Waals surface area contributed by atoms with E-state index < -0.39 is 47.3 Å². The van der Waals surface area contributed by atoms with Crippen molar-refractivity contribution in [3.05, 3.63) is 131 Å². The highest BCUT2D eigenvalue weighted by molar-refractivity contribution is 6.06. The number of piperazine rings is 1. The van der Waals surface area contributed by atoms with Gasteiger partial charge in [-0.3, -0.25) is 19.7 Å². The Kier molecular flexibility index (Phi) is 16.6. The summed E-state index contributed by atoms with van der Waals surface area (Å²) in [7, 11) is 1.53. The molecule has 0 radical (unpaired) electrons. The third-order valence-corrected chi connectivity index (χ3v) is 15.7. The number of halogens is 4. The summed E-state index contributed by atoms with van der Waals surface area (Å²) < 4.78 is 81.3. The summed E-state index contributed by atoms with van der Waals surface area (Å²) in [6, 6.07) is 24.5. The molecule has 0 aliphatic carbocycles. The molecular weight excluding hydrogens is 1050 g/mol. The molecule has 6 heterocycles. The molecule has 4 N–H and O–H groups in total. The topological polar surface area (TPSA) is 195 Å². The minimum Gasteiger partial charge on any atom is -0.486 e. The number of amides is 2. The Hall–Kier alpha value is -7.75. The van der Waals surface area contributed by atoms with E-state index >= 15 is 17.6 Å². The molecule has 4 aliphatic heterocycles. The van der Waals surface area contributed by atoms with Crippen LogP contribution in [-0.2, 0) is 27.1 Å². The SMILES string of the molecule is CC.CO[C@@H](C)COc1nc(N2CC3NCC32)c2cc(C(F)(F)F)c(-c3c(C)c(F)cc4[nH]ncc34)c(OCc3ccc(C4CN(C(C(=O)N5CCCC5C(=O)NC(CO)c5ccc(-c6ccccc6)cc5)C(C)C)N=N4)cc3)c2n1. The van der Waals surface area contributed by atoms with Crippen LogP contribution < -0.4 is 25.0 Å². The molecule has 7 atom stereocenters. The van der Waals surface area contributed by atoms with E-state index in [2.05, 4.69) is 31.2 Å². The van der Waals surface area contributed by atoms with Crippen LogP contribution in [0.1, 0.15) is 87.4 Å². The largest absolute Gasteiger partial charge is 0.486 e. The minimum absolute atomic E-state index is 0.00187. The van der Waals surface area contributed by atoms with Gasteiger partial charge in [-0.1, -0.05) is 112 Å². The fraction of sp³-hybridized carbons (Fsp3) is 0.417. The maximum atomic E-state index is 15.9. The summed E-state index contributed by atoms with van der Waals surface area (Å²) in [6.07, 6.45) is -2.86. The third-order valence-electron chi connectivity index (χ3n) is 15.7. The van der Waals surface area contributed by atoms with Crippen molar-refractivity contribution in [1.29, 1.82) is 0 Å². The van der Waals surface area contributed by atoms with Crippen LogP contribution in [0.25, 0.3) is 44.1 Å². The molecular formula is C60H67F4N11O6. The number of carbonyl (C=O) groups excluding carboxylic acids is 2. The average Bonchev–Trinajstić information content (AvgIpc) is 4.14. The molecule has 3 saturated heterocycles. The molecule has 6 unspecified atom stereocenters. The van der Waals surface area contributed by atoms with Gasteiger partial charge < -0.3 is 39.8 Å². The van der Waals surface area contributed by atoms with Crippen LogP contribution in [0.3, 0.4) is 0 Å². The summed E-state index contributed by atoms with van der Waals surface area (Å²) in [5.41, 5.74) is 2.82. The van der Waals surface area contributed by atoms with Gasteiger partial charge in [0.15, 0.2) is 5.75 Å². The molecule has 0 saturated carbocycles. The zero-order valence-electron chi connectivity index (χ0n) is 46.3. The number of nitrogens with one attached hydrogen (secondary N) is 3. The first-order valence-corrected chi connectivity index (χ1v) is 27.6. The van der Waals surface area contributed by atoms with E-state index in [4.69, 9.17) is 24.2 Å². The van der Waals surface area contributed by atoms with Crippen LogP contribution in [0.5, 0.6) is 11.8 Å². The fourth-order valence-electron chi connectivity index (χ4n) is 11.2. The number of aromatic amines is 1. The van der Waals surface area contributed by atoms with E-state index in [1.807, 2.05) is 99.3 Å². The van der Waals surface area contributed by atoms with Crippen molar-refractivity contribution in [3.8, 4) is 34.0 Å². The second kappa shape index (κ2) is 23.8. The number of ether oxygens (including phenoxy) is 3. The predicted octanol–water partition coefficient (Wildman–Crippen LogP) is 10.1. The number of methoxy groups -OCH3 is 1. The summed E-state index contributed by atoms with van der Waals surface area (Å²) >= 11 is 0. The Balaban J connectivity index is 0.00000364. The number of hydrogen-bond acceptors (Lipinski definition) is 14. The van der Waals surface area contributed by atoms with Gasteiger partial charge in [0.1, 0.15) is 48.5 Å². The zero-order valence-corrected chi connectivity index (χ0v) is 46.3. The minimum atomic E-state index is -4.96. The summed E-state index contributed by atoms with van der Waals surface area (Å²) in [5.74, 6) is -1.53. The number of aliphatic hydroxyl groups is 1. The highest BCUT2D eigenvalue weighted by Crippen LogP contribution is 2.51. The molecule has 2 aromatic heterocycles. The smallest absolute Gasteiger partial charge is 0.417 e. The maximum Gasteiger partial charge on any atom is 0.417 e. The number of benzene rings is 5. The number of alkyl halides is 3. The molecule has 81 heavy (non-hydrogen) atoms. The molecule has 4 aliphatic rings. The van der Waals surface area contributed by atoms with Gasteiger partial charge in [-0.05, 0) is 78.1 Å². The molecule has 426 valence electrons. The molecule has 21 heteroatoms. The number of likely N-dealkylation sites (tertiary alicyclic amines) is 1. The number of H-pyrrole nitrogens is 1. The first kappa shape index (κ1) is 56.5. The lowest BCUT2D eigenvalue weighted by atomic mass is 9.87. The third kappa shape index (κ3) is 11.2. The second-order valence-corrected chi connectivity index (χ2v) is 21.1. The average molecular weight is 1110 g/mol. The lowest BCUT2D eigenvalue weighted by Gasteiger charge is -2.56. The Morgan fingerprint density at radius 3 is 2.31 bits per heavy atom. The number of anilines is 1. The maximum absolute atomic E-state index is 15.9. The number of fused-ring (bicyclic) bond motifs is 3. The normalized spacial score (nSPS) is 19.6. The van der Waals surface area contributed by atoms with Gasteiger partial charge in [0.2, 0.25) is 11.8 Å². The van der Waals surface area contributed by atoms with Crippen LogP contribution in [0, 0.1) is 18.7 Å². The van der Waals surface area contributed by atoms with Gasteiger partial charge >= 0.3 is 12.2 Å². The molecule has 11 rings (SSSR count). The Labute approximate surface area is 467 Å². The first-order chi connectivity index (χ1) is 39.1. The van der Waals surface area contributed by atoms with E-state index in [1.165, 1.54) is 26.3 Å². The van der Waals surface area contributed by atoms with Crippen LogP contribution in [0.15, 0.2) is 108 Å². The van der Waals surface area contributed by atoms with Crippen LogP contribution in [0.2, 0.25) is 0 Å². The molecule has 0 spiro atoms. The molecule has 17 nitrogen and oxygen atoms in total. The number of aliphatic hydroxyl groups excluding tert-OH is 1.